The maximum atomic E-state index is 13.9. The van der Waals surface area contributed by atoms with Crippen molar-refractivity contribution < 1.29 is 16.8 Å². The summed E-state index contributed by atoms with van der Waals surface area (Å²) in [6, 6.07) is 26.8. The smallest absolute Gasteiger partial charge is 0.243 e. The third kappa shape index (κ3) is 5.83. The molecule has 0 spiro atoms. The van der Waals surface area contributed by atoms with Gasteiger partial charge < -0.3 is 9.80 Å². The molecule has 2 aliphatic rings. The highest BCUT2D eigenvalue weighted by Gasteiger charge is 2.33. The van der Waals surface area contributed by atoms with Gasteiger partial charge in [0.25, 0.3) is 0 Å². The molecule has 4 aromatic rings. The number of benzene rings is 4. The molecule has 0 bridgehead atoms. The zero-order chi connectivity index (χ0) is 30.9. The summed E-state index contributed by atoms with van der Waals surface area (Å²) < 4.78 is 58.8. The lowest BCUT2D eigenvalue weighted by molar-refractivity contribution is 0.384. The fraction of sp³-hybridized carbons (Fsp3) is 0.353. The molecule has 44 heavy (non-hydrogen) atoms. The van der Waals surface area contributed by atoms with Gasteiger partial charge in [-0.3, -0.25) is 0 Å². The lowest BCUT2D eigenvalue weighted by Crippen LogP contribution is -2.48. The van der Waals surface area contributed by atoms with Gasteiger partial charge in [0.15, 0.2) is 0 Å². The fourth-order valence-electron chi connectivity index (χ4n) is 6.24. The number of rotatable bonds is 8. The van der Waals surface area contributed by atoms with E-state index in [1.165, 1.54) is 19.7 Å². The summed E-state index contributed by atoms with van der Waals surface area (Å²) in [7, 11) is -7.69. The molecule has 0 amide bonds. The number of hydrogen-bond donors (Lipinski definition) is 0. The molecule has 232 valence electrons. The van der Waals surface area contributed by atoms with Crippen molar-refractivity contribution in [3.05, 3.63) is 96.1 Å². The number of anilines is 2. The Kier molecular flexibility index (Phi) is 8.70. The predicted molar refractivity (Wildman–Crippen MR) is 178 cm³/mol. The van der Waals surface area contributed by atoms with Gasteiger partial charge in [0, 0.05) is 74.5 Å². The third-order valence-electron chi connectivity index (χ3n) is 8.97. The van der Waals surface area contributed by atoms with Crippen molar-refractivity contribution in [1.82, 2.24) is 8.61 Å². The van der Waals surface area contributed by atoms with Crippen LogP contribution >= 0.6 is 0 Å². The van der Waals surface area contributed by atoms with Crippen LogP contribution in [-0.2, 0) is 32.9 Å². The average Bonchev–Trinajstić information content (AvgIpc) is 3.08. The number of fused-ring (bicyclic) bond motifs is 1. The summed E-state index contributed by atoms with van der Waals surface area (Å²) in [5, 5.41) is 0.863. The Balaban J connectivity index is 1.20. The van der Waals surface area contributed by atoms with E-state index in [0.29, 0.717) is 63.1 Å². The van der Waals surface area contributed by atoms with Crippen LogP contribution in [0.25, 0.3) is 10.8 Å². The normalized spacial score (nSPS) is 17.3. The van der Waals surface area contributed by atoms with E-state index >= 15 is 0 Å². The van der Waals surface area contributed by atoms with Crippen molar-refractivity contribution >= 4 is 42.2 Å². The van der Waals surface area contributed by atoms with Crippen molar-refractivity contribution in [3.63, 3.8) is 0 Å². The van der Waals surface area contributed by atoms with Gasteiger partial charge >= 0.3 is 0 Å². The fourth-order valence-corrected chi connectivity index (χ4v) is 9.50. The molecule has 0 aromatic heterocycles. The number of hydrogen-bond acceptors (Lipinski definition) is 6. The van der Waals surface area contributed by atoms with E-state index in [-0.39, 0.29) is 9.79 Å². The first-order valence-electron chi connectivity index (χ1n) is 15.4. The first kappa shape index (κ1) is 30.6. The second-order valence-electron chi connectivity index (χ2n) is 11.4. The number of sulfonamides is 2. The highest BCUT2D eigenvalue weighted by Crippen LogP contribution is 2.33. The second kappa shape index (κ2) is 12.5. The van der Waals surface area contributed by atoms with Gasteiger partial charge in [-0.25, -0.2) is 16.8 Å². The molecule has 0 aliphatic carbocycles. The molecular weight excluding hydrogens is 593 g/mol. The zero-order valence-corrected chi connectivity index (χ0v) is 27.0. The van der Waals surface area contributed by atoms with Crippen molar-refractivity contribution in [2.75, 3.05) is 62.2 Å². The summed E-state index contributed by atoms with van der Waals surface area (Å²) in [6.45, 7) is 8.03. The minimum atomic E-state index is -3.84. The van der Waals surface area contributed by atoms with Gasteiger partial charge in [-0.1, -0.05) is 62.4 Å². The standard InChI is InChI=1S/C34H40N4O4S2/c1-3-27-11-15-29(16-12-27)35-19-23-37(24-20-35)43(39,40)33-9-5-8-32-31(33)7-6-10-34(32)44(41,42)38-25-21-36(22-26-38)30-17-13-28(4-2)14-18-30/h5-18H,3-4,19-26H2,1-2H3. The van der Waals surface area contributed by atoms with Gasteiger partial charge in [-0.15, -0.1) is 0 Å². The quantitative estimate of drug-likeness (QED) is 0.273. The van der Waals surface area contributed by atoms with Gasteiger partial charge in [-0.2, -0.15) is 8.61 Å². The molecule has 6 rings (SSSR count). The lowest BCUT2D eigenvalue weighted by Gasteiger charge is -2.36. The largest absolute Gasteiger partial charge is 0.369 e. The predicted octanol–water partition coefficient (Wildman–Crippen LogP) is 4.99. The molecule has 2 aliphatic heterocycles. The molecule has 0 saturated carbocycles. The second-order valence-corrected chi connectivity index (χ2v) is 15.2. The van der Waals surface area contributed by atoms with E-state index in [9.17, 15) is 16.8 Å². The van der Waals surface area contributed by atoms with Crippen LogP contribution in [0.3, 0.4) is 0 Å². The highest BCUT2D eigenvalue weighted by molar-refractivity contribution is 7.89. The summed E-state index contributed by atoms with van der Waals surface area (Å²) in [5.41, 5.74) is 4.73. The van der Waals surface area contributed by atoms with E-state index in [1.54, 1.807) is 36.4 Å². The monoisotopic (exact) mass is 632 g/mol. The SMILES string of the molecule is CCc1ccc(N2CCN(S(=O)(=O)c3cccc4c(S(=O)(=O)N5CCN(c6ccc(CC)cc6)CC5)cccc34)CC2)cc1. The van der Waals surface area contributed by atoms with Crippen LogP contribution in [-0.4, -0.2) is 77.8 Å². The summed E-state index contributed by atoms with van der Waals surface area (Å²) in [5.74, 6) is 0. The molecule has 10 heteroatoms. The molecule has 2 saturated heterocycles. The van der Waals surface area contributed by atoms with Crippen LogP contribution in [0, 0.1) is 0 Å². The van der Waals surface area contributed by atoms with Crippen LogP contribution in [0.5, 0.6) is 0 Å². The Bertz CT molecular complexity index is 1690. The maximum absolute atomic E-state index is 13.9. The summed E-state index contributed by atoms with van der Waals surface area (Å²) >= 11 is 0. The molecule has 0 N–H and O–H groups in total. The van der Waals surface area contributed by atoms with Crippen molar-refractivity contribution in [2.24, 2.45) is 0 Å². The van der Waals surface area contributed by atoms with Crippen molar-refractivity contribution in [3.8, 4) is 0 Å². The Morgan fingerprint density at radius 1 is 0.477 bits per heavy atom. The van der Waals surface area contributed by atoms with Crippen LogP contribution in [0.2, 0.25) is 0 Å². The average molecular weight is 633 g/mol. The minimum Gasteiger partial charge on any atom is -0.369 e. The van der Waals surface area contributed by atoms with E-state index in [2.05, 4.69) is 72.2 Å². The van der Waals surface area contributed by atoms with E-state index in [1.807, 2.05) is 0 Å². The van der Waals surface area contributed by atoms with E-state index < -0.39 is 20.0 Å². The number of piperazine rings is 2. The Morgan fingerprint density at radius 2 is 0.818 bits per heavy atom. The van der Waals surface area contributed by atoms with Gasteiger partial charge in [0.05, 0.1) is 9.79 Å². The maximum Gasteiger partial charge on any atom is 0.243 e. The van der Waals surface area contributed by atoms with Crippen molar-refractivity contribution in [1.29, 1.82) is 0 Å². The molecule has 2 fully saturated rings. The molecule has 0 unspecified atom stereocenters. The summed E-state index contributed by atoms with van der Waals surface area (Å²) in [4.78, 5) is 4.71. The van der Waals surface area contributed by atoms with Crippen LogP contribution in [0.15, 0.2) is 94.7 Å². The van der Waals surface area contributed by atoms with Gasteiger partial charge in [0.2, 0.25) is 20.0 Å². The van der Waals surface area contributed by atoms with E-state index in [0.717, 1.165) is 24.2 Å². The zero-order valence-electron chi connectivity index (χ0n) is 25.4. The molecule has 8 nitrogen and oxygen atoms in total. The Labute approximate surface area is 261 Å². The molecule has 4 aromatic carbocycles. The molecule has 0 atom stereocenters. The highest BCUT2D eigenvalue weighted by atomic mass is 32.2. The third-order valence-corrected chi connectivity index (χ3v) is 12.9. The number of nitrogens with zero attached hydrogens (tertiary/aromatic N) is 4. The topological polar surface area (TPSA) is 81.2 Å². The van der Waals surface area contributed by atoms with Crippen molar-refractivity contribution in [2.45, 2.75) is 36.5 Å². The molecular formula is C34H40N4O4S2. The van der Waals surface area contributed by atoms with Crippen LogP contribution in [0.4, 0.5) is 11.4 Å². The van der Waals surface area contributed by atoms with Gasteiger partial charge in [0.1, 0.15) is 0 Å². The van der Waals surface area contributed by atoms with Gasteiger partial charge in [-0.05, 0) is 60.4 Å². The Morgan fingerprint density at radius 3 is 1.14 bits per heavy atom. The first-order valence-corrected chi connectivity index (χ1v) is 18.3. The Hall–Kier alpha value is -3.44. The molecule has 0 radical (unpaired) electrons. The molecule has 2 heterocycles. The number of aryl methyl sites for hydroxylation is 2. The van der Waals surface area contributed by atoms with E-state index in [4.69, 9.17) is 0 Å². The summed E-state index contributed by atoms with van der Waals surface area (Å²) in [6.07, 6.45) is 1.95. The van der Waals surface area contributed by atoms with Crippen LogP contribution < -0.4 is 9.80 Å². The van der Waals surface area contributed by atoms with Crippen LogP contribution in [0.1, 0.15) is 25.0 Å². The first-order chi connectivity index (χ1) is 21.2. The lowest BCUT2D eigenvalue weighted by atomic mass is 10.1. The minimum absolute atomic E-state index is 0.146.